The quantitative estimate of drug-likeness (QED) is 0.516. The third-order valence-electron chi connectivity index (χ3n) is 3.43. The van der Waals surface area contributed by atoms with Gasteiger partial charge < -0.3 is 9.64 Å². The molecule has 0 aromatic rings. The van der Waals surface area contributed by atoms with Crippen LogP contribution in [0.1, 0.15) is 25.7 Å². The summed E-state index contributed by atoms with van der Waals surface area (Å²) in [7, 11) is 1.29. The number of amides is 1. The minimum absolute atomic E-state index is 0.108. The maximum atomic E-state index is 11.9. The third-order valence-corrected chi connectivity index (χ3v) is 3.43. The van der Waals surface area contributed by atoms with Crippen LogP contribution in [0.3, 0.4) is 0 Å². The fourth-order valence-corrected chi connectivity index (χ4v) is 2.18. The Hall–Kier alpha value is -1.39. The van der Waals surface area contributed by atoms with E-state index in [0.29, 0.717) is 19.5 Å². The number of ether oxygens (including phenoxy) is 1. The van der Waals surface area contributed by atoms with E-state index in [9.17, 15) is 14.4 Å². The zero-order chi connectivity index (χ0) is 12.4. The van der Waals surface area contributed by atoms with E-state index in [1.165, 1.54) is 7.11 Å². The molecule has 0 radical (unpaired) electrons. The van der Waals surface area contributed by atoms with E-state index in [0.717, 1.165) is 12.8 Å². The van der Waals surface area contributed by atoms with Crippen molar-refractivity contribution in [2.45, 2.75) is 25.7 Å². The number of likely N-dealkylation sites (tertiary alicyclic amines) is 1. The summed E-state index contributed by atoms with van der Waals surface area (Å²) in [5.41, 5.74) is 0. The lowest BCUT2D eigenvalue weighted by molar-refractivity contribution is -0.149. The molecule has 1 saturated carbocycles. The highest BCUT2D eigenvalue weighted by Gasteiger charge is 2.37. The Labute approximate surface area is 100 Å². The van der Waals surface area contributed by atoms with Gasteiger partial charge in [-0.05, 0) is 19.3 Å². The van der Waals surface area contributed by atoms with Crippen LogP contribution in [0.15, 0.2) is 0 Å². The van der Waals surface area contributed by atoms with Crippen LogP contribution in [0.25, 0.3) is 0 Å². The highest BCUT2D eigenvalue weighted by molar-refractivity contribution is 5.99. The first-order valence-electron chi connectivity index (χ1n) is 6.03. The van der Waals surface area contributed by atoms with Gasteiger partial charge in [0.2, 0.25) is 5.91 Å². The van der Waals surface area contributed by atoms with Crippen molar-refractivity contribution in [1.29, 1.82) is 0 Å². The molecule has 0 spiro atoms. The van der Waals surface area contributed by atoms with Gasteiger partial charge in [-0.1, -0.05) is 0 Å². The molecule has 0 bridgehead atoms. The summed E-state index contributed by atoms with van der Waals surface area (Å²) >= 11 is 0. The van der Waals surface area contributed by atoms with Gasteiger partial charge >= 0.3 is 5.97 Å². The van der Waals surface area contributed by atoms with Crippen molar-refractivity contribution >= 4 is 17.7 Å². The van der Waals surface area contributed by atoms with E-state index in [1.54, 1.807) is 4.90 Å². The Morgan fingerprint density at radius 1 is 1.24 bits per heavy atom. The van der Waals surface area contributed by atoms with E-state index >= 15 is 0 Å². The van der Waals surface area contributed by atoms with Crippen molar-refractivity contribution in [3.8, 4) is 0 Å². The summed E-state index contributed by atoms with van der Waals surface area (Å²) in [6, 6.07) is 0. The van der Waals surface area contributed by atoms with Crippen LogP contribution >= 0.6 is 0 Å². The fraction of sp³-hybridized carbons (Fsp3) is 0.750. The minimum atomic E-state index is -0.683. The van der Waals surface area contributed by atoms with Crippen molar-refractivity contribution in [3.05, 3.63) is 0 Å². The molecule has 2 aliphatic rings. The Kier molecular flexibility index (Phi) is 3.45. The Balaban J connectivity index is 1.97. The molecule has 5 nitrogen and oxygen atoms in total. The molecule has 0 aromatic heterocycles. The number of ketones is 1. The zero-order valence-electron chi connectivity index (χ0n) is 9.98. The van der Waals surface area contributed by atoms with Gasteiger partial charge in [-0.3, -0.25) is 14.4 Å². The largest absolute Gasteiger partial charge is 0.468 e. The molecule has 1 unspecified atom stereocenters. The maximum absolute atomic E-state index is 11.9. The summed E-state index contributed by atoms with van der Waals surface area (Å²) < 4.78 is 4.61. The predicted octanol–water partition coefficient (Wildman–Crippen LogP) is 0.377. The molecular formula is C12H17NO4. The Morgan fingerprint density at radius 3 is 2.53 bits per heavy atom. The molecule has 0 aromatic carbocycles. The molecule has 1 aliphatic carbocycles. The molecule has 2 fully saturated rings. The van der Waals surface area contributed by atoms with Crippen LogP contribution in [0.2, 0.25) is 0 Å². The Bertz CT molecular complexity index is 348. The number of hydrogen-bond donors (Lipinski definition) is 0. The molecule has 1 saturated heterocycles. The summed E-state index contributed by atoms with van der Waals surface area (Å²) in [6.07, 6.45) is 2.58. The van der Waals surface area contributed by atoms with Gasteiger partial charge in [-0.25, -0.2) is 0 Å². The van der Waals surface area contributed by atoms with Crippen LogP contribution in [-0.2, 0) is 19.1 Å². The molecular weight excluding hydrogens is 222 g/mol. The average molecular weight is 239 g/mol. The second kappa shape index (κ2) is 4.85. The molecule has 1 aliphatic heterocycles. The average Bonchev–Trinajstić information content (AvgIpc) is 3.14. The van der Waals surface area contributed by atoms with Crippen molar-refractivity contribution in [2.24, 2.45) is 11.8 Å². The lowest BCUT2D eigenvalue weighted by Gasteiger charge is -2.19. The molecule has 1 atom stereocenters. The van der Waals surface area contributed by atoms with E-state index in [2.05, 4.69) is 4.74 Å². The van der Waals surface area contributed by atoms with Gasteiger partial charge in [0.05, 0.1) is 7.11 Å². The monoisotopic (exact) mass is 239 g/mol. The van der Waals surface area contributed by atoms with Crippen LogP contribution in [-0.4, -0.2) is 42.8 Å². The predicted molar refractivity (Wildman–Crippen MR) is 59.1 cm³/mol. The van der Waals surface area contributed by atoms with Crippen molar-refractivity contribution < 1.29 is 19.1 Å². The van der Waals surface area contributed by atoms with Crippen molar-refractivity contribution in [3.63, 3.8) is 0 Å². The van der Waals surface area contributed by atoms with E-state index in [4.69, 9.17) is 0 Å². The number of esters is 1. The number of nitrogens with zero attached hydrogens (tertiary/aromatic N) is 1. The highest BCUT2D eigenvalue weighted by atomic mass is 16.5. The fourth-order valence-electron chi connectivity index (χ4n) is 2.18. The second-order valence-corrected chi connectivity index (χ2v) is 4.68. The van der Waals surface area contributed by atoms with Gasteiger partial charge in [0.1, 0.15) is 11.7 Å². The van der Waals surface area contributed by atoms with Crippen LogP contribution in [0.4, 0.5) is 0 Å². The number of hydrogen-bond acceptors (Lipinski definition) is 4. The van der Waals surface area contributed by atoms with E-state index < -0.39 is 11.9 Å². The number of methoxy groups -OCH3 is 1. The molecule has 0 N–H and O–H groups in total. The third kappa shape index (κ3) is 2.65. The summed E-state index contributed by atoms with van der Waals surface area (Å²) in [6.45, 7) is 0.933. The highest BCUT2D eigenvalue weighted by Crippen LogP contribution is 2.31. The standard InChI is InChI=1S/C12H17NO4/c1-17-12(16)9-4-6-13(7-5-10(9)14)11(15)8-2-3-8/h8-9H,2-7H2,1H3. The van der Waals surface area contributed by atoms with Crippen LogP contribution in [0, 0.1) is 11.8 Å². The molecule has 2 rings (SSSR count). The molecule has 17 heavy (non-hydrogen) atoms. The maximum Gasteiger partial charge on any atom is 0.316 e. The first-order valence-corrected chi connectivity index (χ1v) is 6.03. The number of rotatable bonds is 2. The van der Waals surface area contributed by atoms with E-state index in [-0.39, 0.29) is 24.0 Å². The first kappa shape index (κ1) is 12.1. The SMILES string of the molecule is COC(=O)C1CCN(C(=O)C2CC2)CCC1=O. The normalized spacial score (nSPS) is 25.4. The van der Waals surface area contributed by atoms with Gasteiger partial charge in [-0.15, -0.1) is 0 Å². The zero-order valence-corrected chi connectivity index (χ0v) is 9.98. The lowest BCUT2D eigenvalue weighted by Crippen LogP contribution is -2.33. The van der Waals surface area contributed by atoms with Gasteiger partial charge in [0, 0.05) is 25.4 Å². The molecule has 94 valence electrons. The molecule has 5 heteroatoms. The topological polar surface area (TPSA) is 63.7 Å². The van der Waals surface area contributed by atoms with Crippen molar-refractivity contribution in [2.75, 3.05) is 20.2 Å². The smallest absolute Gasteiger partial charge is 0.316 e. The summed E-state index contributed by atoms with van der Waals surface area (Å²) in [5, 5.41) is 0. The molecule has 1 amide bonds. The Morgan fingerprint density at radius 2 is 1.94 bits per heavy atom. The minimum Gasteiger partial charge on any atom is -0.468 e. The van der Waals surface area contributed by atoms with Crippen LogP contribution in [0.5, 0.6) is 0 Å². The van der Waals surface area contributed by atoms with Crippen LogP contribution < -0.4 is 0 Å². The summed E-state index contributed by atoms with van der Waals surface area (Å²) in [4.78, 5) is 36.7. The lowest BCUT2D eigenvalue weighted by atomic mass is 10.00. The van der Waals surface area contributed by atoms with Crippen molar-refractivity contribution in [1.82, 2.24) is 4.90 Å². The summed E-state index contributed by atoms with van der Waals surface area (Å²) in [5.74, 6) is -0.959. The molecule has 1 heterocycles. The van der Waals surface area contributed by atoms with Gasteiger partial charge in [0.25, 0.3) is 0 Å². The second-order valence-electron chi connectivity index (χ2n) is 4.68. The number of Topliss-reactive ketones (excluding diaryl/α,β-unsaturated/α-hetero) is 1. The van der Waals surface area contributed by atoms with Gasteiger partial charge in [0.15, 0.2) is 0 Å². The van der Waals surface area contributed by atoms with E-state index in [1.807, 2.05) is 0 Å². The number of carbonyl (C=O) groups excluding carboxylic acids is 3. The number of carbonyl (C=O) groups is 3. The van der Waals surface area contributed by atoms with Gasteiger partial charge in [-0.2, -0.15) is 0 Å². The first-order chi connectivity index (χ1) is 8.13.